The number of halogens is 1. The molecule has 2 nitrogen and oxygen atoms in total. The molecular formula is C11H17BrN2. The summed E-state index contributed by atoms with van der Waals surface area (Å²) < 4.78 is 0. The Morgan fingerprint density at radius 1 is 1.21 bits per heavy atom. The summed E-state index contributed by atoms with van der Waals surface area (Å²) in [6, 6.07) is 4.13. The second kappa shape index (κ2) is 5.35. The van der Waals surface area contributed by atoms with Gasteiger partial charge in [0.15, 0.2) is 0 Å². The normalized spacial score (nSPS) is 17.4. The lowest BCUT2D eigenvalue weighted by atomic mass is 9.84. The molecule has 2 rings (SSSR count). The summed E-state index contributed by atoms with van der Waals surface area (Å²) >= 11 is 0. The predicted molar refractivity (Wildman–Crippen MR) is 64.8 cm³/mol. The van der Waals surface area contributed by atoms with E-state index in [-0.39, 0.29) is 17.0 Å². The second-order valence-corrected chi connectivity index (χ2v) is 3.85. The average Bonchev–Trinajstić information content (AvgIpc) is 2.19. The van der Waals surface area contributed by atoms with Gasteiger partial charge < -0.3 is 5.73 Å². The van der Waals surface area contributed by atoms with Crippen LogP contribution < -0.4 is 5.73 Å². The summed E-state index contributed by atoms with van der Waals surface area (Å²) in [5.41, 5.74) is 7.04. The maximum atomic E-state index is 5.65. The molecule has 0 spiro atoms. The van der Waals surface area contributed by atoms with E-state index in [1.165, 1.54) is 37.7 Å². The zero-order valence-corrected chi connectivity index (χ0v) is 9.99. The Labute approximate surface area is 95.7 Å². The van der Waals surface area contributed by atoms with E-state index in [1.54, 1.807) is 0 Å². The highest BCUT2D eigenvalue weighted by atomic mass is 79.9. The van der Waals surface area contributed by atoms with Crippen LogP contribution in [0.1, 0.15) is 43.6 Å². The van der Waals surface area contributed by atoms with Crippen molar-refractivity contribution in [3.8, 4) is 0 Å². The molecule has 2 N–H and O–H groups in total. The van der Waals surface area contributed by atoms with E-state index in [1.807, 2.05) is 12.3 Å². The van der Waals surface area contributed by atoms with Crippen LogP contribution in [0.4, 0.5) is 5.82 Å². The van der Waals surface area contributed by atoms with Crippen LogP contribution in [0.2, 0.25) is 0 Å². The number of aromatic nitrogens is 1. The molecule has 0 bridgehead atoms. The number of nitrogen functional groups attached to an aromatic ring is 1. The SMILES string of the molecule is Br.Nc1cc(C2CCCCC2)ccn1. The van der Waals surface area contributed by atoms with Gasteiger partial charge in [0.2, 0.25) is 0 Å². The fourth-order valence-electron chi connectivity index (χ4n) is 2.16. The number of pyridine rings is 1. The van der Waals surface area contributed by atoms with Crippen LogP contribution in [0.25, 0.3) is 0 Å². The molecule has 1 aliphatic carbocycles. The van der Waals surface area contributed by atoms with Crippen LogP contribution in [0, 0.1) is 0 Å². The van der Waals surface area contributed by atoms with E-state index in [0.29, 0.717) is 5.82 Å². The fourth-order valence-corrected chi connectivity index (χ4v) is 2.16. The quantitative estimate of drug-likeness (QED) is 0.838. The molecule has 3 heteroatoms. The number of anilines is 1. The van der Waals surface area contributed by atoms with Gasteiger partial charge >= 0.3 is 0 Å². The number of nitrogens with zero attached hydrogens (tertiary/aromatic N) is 1. The number of hydrogen-bond donors (Lipinski definition) is 1. The molecule has 1 aliphatic rings. The third kappa shape index (κ3) is 2.71. The molecule has 1 fully saturated rings. The largest absolute Gasteiger partial charge is 0.384 e. The number of rotatable bonds is 1. The van der Waals surface area contributed by atoms with Crippen LogP contribution in [0.15, 0.2) is 18.3 Å². The first-order chi connectivity index (χ1) is 6.36. The Morgan fingerprint density at radius 2 is 1.93 bits per heavy atom. The lowest BCUT2D eigenvalue weighted by Gasteiger charge is -2.21. The van der Waals surface area contributed by atoms with E-state index >= 15 is 0 Å². The van der Waals surface area contributed by atoms with Crippen molar-refractivity contribution in [3.05, 3.63) is 23.9 Å². The second-order valence-electron chi connectivity index (χ2n) is 3.85. The van der Waals surface area contributed by atoms with Crippen LogP contribution in [-0.4, -0.2) is 4.98 Å². The van der Waals surface area contributed by atoms with Gasteiger partial charge in [-0.1, -0.05) is 19.3 Å². The van der Waals surface area contributed by atoms with Crippen LogP contribution in [0.5, 0.6) is 0 Å². The van der Waals surface area contributed by atoms with Crippen LogP contribution in [-0.2, 0) is 0 Å². The molecule has 0 unspecified atom stereocenters. The first-order valence-corrected chi connectivity index (χ1v) is 5.08. The maximum absolute atomic E-state index is 5.65. The Balaban J connectivity index is 0.000000980. The van der Waals surface area contributed by atoms with Gasteiger partial charge in [-0.05, 0) is 36.5 Å². The molecule has 1 aromatic heterocycles. The van der Waals surface area contributed by atoms with Gasteiger partial charge in [-0.25, -0.2) is 4.98 Å². The average molecular weight is 257 g/mol. The summed E-state index contributed by atoms with van der Waals surface area (Å²) in [7, 11) is 0. The van der Waals surface area contributed by atoms with E-state index < -0.39 is 0 Å². The predicted octanol–water partition coefficient (Wildman–Crippen LogP) is 3.29. The monoisotopic (exact) mass is 256 g/mol. The lowest BCUT2D eigenvalue weighted by Crippen LogP contribution is -2.05. The Kier molecular flexibility index (Phi) is 4.39. The van der Waals surface area contributed by atoms with Crippen molar-refractivity contribution >= 4 is 22.8 Å². The minimum absolute atomic E-state index is 0. The molecule has 0 atom stereocenters. The first-order valence-electron chi connectivity index (χ1n) is 5.08. The molecule has 1 heterocycles. The summed E-state index contributed by atoms with van der Waals surface area (Å²) in [4.78, 5) is 4.01. The standard InChI is InChI=1S/C11H16N2.BrH/c12-11-8-10(6-7-13-11)9-4-2-1-3-5-9;/h6-9H,1-5H2,(H2,12,13);1H. The molecule has 0 aliphatic heterocycles. The van der Waals surface area contributed by atoms with Crippen LogP contribution >= 0.6 is 17.0 Å². The number of nitrogens with two attached hydrogens (primary N) is 1. The zero-order chi connectivity index (χ0) is 9.10. The van der Waals surface area contributed by atoms with Crippen molar-refractivity contribution in [2.75, 3.05) is 5.73 Å². The molecule has 78 valence electrons. The summed E-state index contributed by atoms with van der Waals surface area (Å²) in [6.07, 6.45) is 8.60. The fraction of sp³-hybridized carbons (Fsp3) is 0.545. The van der Waals surface area contributed by atoms with Gasteiger partial charge in [0.25, 0.3) is 0 Å². The highest BCUT2D eigenvalue weighted by Crippen LogP contribution is 2.32. The highest BCUT2D eigenvalue weighted by molar-refractivity contribution is 8.93. The molecule has 0 radical (unpaired) electrons. The molecular weight excluding hydrogens is 240 g/mol. The van der Waals surface area contributed by atoms with E-state index in [2.05, 4.69) is 11.1 Å². The molecule has 14 heavy (non-hydrogen) atoms. The van der Waals surface area contributed by atoms with Gasteiger partial charge in [0.05, 0.1) is 0 Å². The van der Waals surface area contributed by atoms with Crippen molar-refractivity contribution in [3.63, 3.8) is 0 Å². The Hall–Kier alpha value is -0.570. The third-order valence-corrected chi connectivity index (χ3v) is 2.88. The van der Waals surface area contributed by atoms with Crippen molar-refractivity contribution in [1.82, 2.24) is 4.98 Å². The smallest absolute Gasteiger partial charge is 0.123 e. The molecule has 1 aromatic rings. The van der Waals surface area contributed by atoms with E-state index in [9.17, 15) is 0 Å². The minimum atomic E-state index is 0. The van der Waals surface area contributed by atoms with Crippen molar-refractivity contribution < 1.29 is 0 Å². The topological polar surface area (TPSA) is 38.9 Å². The summed E-state index contributed by atoms with van der Waals surface area (Å²) in [6.45, 7) is 0. The molecule has 0 amide bonds. The van der Waals surface area contributed by atoms with Gasteiger partial charge in [-0.2, -0.15) is 0 Å². The van der Waals surface area contributed by atoms with Gasteiger partial charge in [-0.15, -0.1) is 17.0 Å². The molecule has 0 saturated heterocycles. The minimum Gasteiger partial charge on any atom is -0.384 e. The van der Waals surface area contributed by atoms with Crippen LogP contribution in [0.3, 0.4) is 0 Å². The van der Waals surface area contributed by atoms with Gasteiger partial charge in [0.1, 0.15) is 5.82 Å². The van der Waals surface area contributed by atoms with E-state index in [0.717, 1.165) is 5.92 Å². The lowest BCUT2D eigenvalue weighted by molar-refractivity contribution is 0.443. The van der Waals surface area contributed by atoms with E-state index in [4.69, 9.17) is 5.73 Å². The molecule has 0 aromatic carbocycles. The van der Waals surface area contributed by atoms with Crippen molar-refractivity contribution in [2.45, 2.75) is 38.0 Å². The number of hydrogen-bond acceptors (Lipinski definition) is 2. The first kappa shape index (κ1) is 11.5. The summed E-state index contributed by atoms with van der Waals surface area (Å²) in [5.74, 6) is 1.39. The highest BCUT2D eigenvalue weighted by Gasteiger charge is 2.15. The zero-order valence-electron chi connectivity index (χ0n) is 8.28. The van der Waals surface area contributed by atoms with Crippen molar-refractivity contribution in [1.29, 1.82) is 0 Å². The maximum Gasteiger partial charge on any atom is 0.123 e. The van der Waals surface area contributed by atoms with Gasteiger partial charge in [-0.3, -0.25) is 0 Å². The summed E-state index contributed by atoms with van der Waals surface area (Å²) in [5, 5.41) is 0. The Bertz CT molecular complexity index is 282. The third-order valence-electron chi connectivity index (χ3n) is 2.88. The molecule has 1 saturated carbocycles. The Morgan fingerprint density at radius 3 is 2.57 bits per heavy atom. The van der Waals surface area contributed by atoms with Gasteiger partial charge in [0, 0.05) is 6.20 Å². The van der Waals surface area contributed by atoms with Crippen molar-refractivity contribution in [2.24, 2.45) is 0 Å².